The molecule has 19 unspecified atom stereocenters. The van der Waals surface area contributed by atoms with Crippen molar-refractivity contribution in [3.8, 4) is 0 Å². The van der Waals surface area contributed by atoms with Gasteiger partial charge in [-0.15, -0.1) is 0 Å². The zero-order valence-corrected chi connectivity index (χ0v) is 76.0. The van der Waals surface area contributed by atoms with Crippen LogP contribution < -0.4 is 0 Å². The molecule has 1 aliphatic carbocycles. The van der Waals surface area contributed by atoms with Crippen LogP contribution in [0.5, 0.6) is 0 Å². The van der Waals surface area contributed by atoms with Crippen molar-refractivity contribution in [3.05, 3.63) is 0 Å². The minimum absolute atomic E-state index is 0.0198. The van der Waals surface area contributed by atoms with E-state index < -0.39 is 162 Å². The smallest absolute Gasteiger partial charge is 0.463 e. The molecule has 0 aromatic heterocycles. The Morgan fingerprint density at radius 2 is 0.630 bits per heavy atom. The van der Waals surface area contributed by atoms with Crippen LogP contribution in [0, 0.1) is 5.92 Å². The van der Waals surface area contributed by atoms with E-state index in [0.29, 0.717) is 38.0 Å². The van der Waals surface area contributed by atoms with Gasteiger partial charge in [0.05, 0.1) is 13.2 Å². The van der Waals surface area contributed by atoms with Crippen molar-refractivity contribution in [3.63, 3.8) is 0 Å². The van der Waals surface area contributed by atoms with E-state index in [9.17, 15) is 74.6 Å². The van der Waals surface area contributed by atoms with Crippen LogP contribution in [0.3, 0.4) is 0 Å². The normalized spacial score (nSPS) is 25.0. The second-order valence-electron chi connectivity index (χ2n) is 35.2. The zero-order chi connectivity index (χ0) is 86.9. The fourth-order valence-corrected chi connectivity index (χ4v) is 17.4. The van der Waals surface area contributed by atoms with Crippen molar-refractivity contribution in [2.75, 3.05) is 26.4 Å². The van der Waals surface area contributed by atoms with Crippen LogP contribution in [0.4, 0.5) is 0 Å². The predicted octanol–water partition coefficient (Wildman–Crippen LogP) is 18.4. The van der Waals surface area contributed by atoms with Crippen molar-refractivity contribution >= 4 is 31.7 Å². The third-order valence-electron chi connectivity index (χ3n) is 24.3. The lowest BCUT2D eigenvalue weighted by molar-refractivity contribution is -0.360. The van der Waals surface area contributed by atoms with Crippen LogP contribution in [0.25, 0.3) is 0 Å². The number of carbonyl (C=O) groups excluding carboxylic acids is 4. The molecule has 0 aromatic carbocycles. The van der Waals surface area contributed by atoms with Crippen LogP contribution in [0.1, 0.15) is 433 Å². The highest BCUT2D eigenvalue weighted by Crippen LogP contribution is 2.49. The second-order valence-corrected chi connectivity index (χ2v) is 36.6. The molecular weight excluding hydrogens is 1550 g/mol. The fourth-order valence-electron chi connectivity index (χ4n) is 16.4. The number of hydrogen-bond acceptors (Lipinski definition) is 24. The average molecular weight is 1720 g/mol. The summed E-state index contributed by atoms with van der Waals surface area (Å²) in [5.74, 6) is -2.31. The Hall–Kier alpha value is -2.53. The van der Waals surface area contributed by atoms with E-state index in [2.05, 4.69) is 34.6 Å². The Morgan fingerprint density at radius 3 is 1.00 bits per heavy atom. The summed E-state index contributed by atoms with van der Waals surface area (Å²) in [5, 5.41) is 102. The Kier molecular flexibility index (Phi) is 66.5. The van der Waals surface area contributed by atoms with E-state index in [4.69, 9.17) is 46.9 Å². The Labute approximate surface area is 719 Å². The molecule has 2 saturated heterocycles. The van der Waals surface area contributed by atoms with Gasteiger partial charge in [0.25, 0.3) is 0 Å². The van der Waals surface area contributed by atoms with E-state index in [1.807, 2.05) is 0 Å². The number of phosphoric acid groups is 1. The summed E-state index contributed by atoms with van der Waals surface area (Å²) in [6, 6.07) is 0. The van der Waals surface area contributed by atoms with Crippen LogP contribution in [-0.4, -0.2) is 205 Å². The molecule has 2 heterocycles. The maximum Gasteiger partial charge on any atom is 0.472 e. The van der Waals surface area contributed by atoms with E-state index in [1.165, 1.54) is 212 Å². The molecular formula is C93H175O25P. The highest BCUT2D eigenvalue weighted by molar-refractivity contribution is 7.47. The minimum atomic E-state index is -5.80. The molecule has 19 atom stereocenters. The average Bonchev–Trinajstić information content (AvgIpc) is 0.754. The third kappa shape index (κ3) is 51.8. The summed E-state index contributed by atoms with van der Waals surface area (Å²) in [6.07, 6.45) is 28.0. The number of esters is 4. The molecule has 0 radical (unpaired) electrons. The van der Waals surface area contributed by atoms with Gasteiger partial charge >= 0.3 is 31.7 Å². The van der Waals surface area contributed by atoms with Crippen LogP contribution >= 0.6 is 7.82 Å². The molecule has 0 bridgehead atoms. The molecule has 3 fully saturated rings. The number of ether oxygens (including phenoxy) is 8. The summed E-state index contributed by atoms with van der Waals surface area (Å²) in [7, 11) is -5.80. The molecule has 26 heteroatoms. The third-order valence-corrected chi connectivity index (χ3v) is 25.2. The first-order valence-electron chi connectivity index (χ1n) is 48.7. The van der Waals surface area contributed by atoms with Gasteiger partial charge < -0.3 is 88.7 Å². The maximum atomic E-state index is 14.9. The van der Waals surface area contributed by atoms with E-state index in [-0.39, 0.29) is 25.7 Å². The Morgan fingerprint density at radius 1 is 0.328 bits per heavy atom. The van der Waals surface area contributed by atoms with Gasteiger partial charge in [0.15, 0.2) is 24.8 Å². The van der Waals surface area contributed by atoms with Gasteiger partial charge in [0.1, 0.15) is 92.6 Å². The molecule has 10 N–H and O–H groups in total. The lowest BCUT2D eigenvalue weighted by Gasteiger charge is -2.50. The topological polar surface area (TPSA) is 380 Å². The van der Waals surface area contributed by atoms with Gasteiger partial charge in [-0.3, -0.25) is 28.2 Å². The molecule has 0 amide bonds. The van der Waals surface area contributed by atoms with Crippen LogP contribution in [-0.2, 0) is 70.7 Å². The molecule has 0 spiro atoms. The molecule has 119 heavy (non-hydrogen) atoms. The number of carbonyl (C=O) groups is 4. The standard InChI is InChI=1S/C93H175O25P/c1-6-10-14-18-22-25-28-31-33-35-38-40-43-46-53-59-65-77(96)110-71-75-81(100)83(102)87(106)93(114-75)117-90-88(115-79(98)67-61-55-49-48-51-57-63-72(5)62-56-50-21-17-13-9-4)84(103)85(104)89(116-92-86(105)82(101)80(99)74(68-94)113-92)91(90)118-119(107,108)111-70-73(112-78(97)66-60-54-47-44-41-36-30-27-24-20-16-12-8-3)69-109-76(95)64-58-52-45-42-39-37-34-32-29-26-23-19-15-11-7-2/h72-75,80-94,99-106H,6-71H2,1-5H3,(H,107,108). The van der Waals surface area contributed by atoms with E-state index in [0.717, 1.165) is 128 Å². The highest BCUT2D eigenvalue weighted by atomic mass is 31.2. The van der Waals surface area contributed by atoms with Crippen molar-refractivity contribution in [1.29, 1.82) is 0 Å². The number of aliphatic hydroxyl groups excluding tert-OH is 9. The van der Waals surface area contributed by atoms with Gasteiger partial charge in [-0.1, -0.05) is 381 Å². The van der Waals surface area contributed by atoms with Gasteiger partial charge in [-0.25, -0.2) is 4.57 Å². The summed E-state index contributed by atoms with van der Waals surface area (Å²) < 4.78 is 73.6. The number of aliphatic hydroxyl groups is 9. The summed E-state index contributed by atoms with van der Waals surface area (Å²) in [5.41, 5.74) is 0. The lowest BCUT2D eigenvalue weighted by Crippen LogP contribution is -2.70. The van der Waals surface area contributed by atoms with Crippen LogP contribution in [0.2, 0.25) is 0 Å². The first kappa shape index (κ1) is 111. The van der Waals surface area contributed by atoms with Crippen molar-refractivity contribution in [1.82, 2.24) is 0 Å². The Balaban J connectivity index is 1.91. The number of rotatable bonds is 79. The van der Waals surface area contributed by atoms with Crippen molar-refractivity contribution in [2.24, 2.45) is 5.92 Å². The minimum Gasteiger partial charge on any atom is -0.463 e. The van der Waals surface area contributed by atoms with Crippen molar-refractivity contribution in [2.45, 2.75) is 537 Å². The van der Waals surface area contributed by atoms with E-state index in [1.54, 1.807) is 0 Å². The predicted molar refractivity (Wildman–Crippen MR) is 463 cm³/mol. The zero-order valence-electron chi connectivity index (χ0n) is 75.1. The van der Waals surface area contributed by atoms with Gasteiger partial charge in [-0.05, 0) is 31.6 Å². The first-order valence-corrected chi connectivity index (χ1v) is 50.2. The maximum absolute atomic E-state index is 14.9. The first-order chi connectivity index (χ1) is 57.6. The summed E-state index contributed by atoms with van der Waals surface area (Å²) >= 11 is 0. The number of hydrogen-bond donors (Lipinski definition) is 10. The molecule has 3 rings (SSSR count). The van der Waals surface area contributed by atoms with Gasteiger partial charge in [0.2, 0.25) is 0 Å². The molecule has 2 aliphatic heterocycles. The monoisotopic (exact) mass is 1720 g/mol. The van der Waals surface area contributed by atoms with Crippen LogP contribution in [0.15, 0.2) is 0 Å². The summed E-state index contributed by atoms with van der Waals surface area (Å²) in [6.45, 7) is 7.94. The van der Waals surface area contributed by atoms with Gasteiger partial charge in [0, 0.05) is 25.7 Å². The molecule has 702 valence electrons. The number of phosphoric ester groups is 1. The quantitative estimate of drug-likeness (QED) is 0.0117. The highest BCUT2D eigenvalue weighted by Gasteiger charge is 2.60. The SMILES string of the molecule is CCCCCCCCCCCCCCCCCCC(=O)OCC1OC(OC2C(OC(=O)CCCCCCCCC(C)CCCCCCCC)C(O)C(O)C(OC3OC(CO)C(O)C(O)C3O)C2OP(=O)(O)OCC(COC(=O)CCCCCCCCCCCCCCCCC)OC(=O)CCCCCCCCCCCCCCC)C(O)C(O)C1O. The second kappa shape index (κ2) is 71.5. The Bertz CT molecular complexity index is 2490. The molecule has 3 aliphatic rings. The molecule has 1 saturated carbocycles. The van der Waals surface area contributed by atoms with Crippen molar-refractivity contribution < 1.29 is 122 Å². The summed E-state index contributed by atoms with van der Waals surface area (Å²) in [4.78, 5) is 66.6. The van der Waals surface area contributed by atoms with E-state index >= 15 is 0 Å². The largest absolute Gasteiger partial charge is 0.472 e. The molecule has 0 aromatic rings. The fraction of sp³-hybridized carbons (Fsp3) is 0.957. The number of unbranched alkanes of at least 4 members (excludes halogenated alkanes) is 51. The molecule has 25 nitrogen and oxygen atoms in total. The van der Waals surface area contributed by atoms with Gasteiger partial charge in [-0.2, -0.15) is 0 Å². The lowest BCUT2D eigenvalue weighted by atomic mass is 9.84.